The van der Waals surface area contributed by atoms with Crippen LogP contribution in [0.4, 0.5) is 18.0 Å². The van der Waals surface area contributed by atoms with Crippen LogP contribution in [0.5, 0.6) is 0 Å². The molecule has 0 unspecified atom stereocenters. The van der Waals surface area contributed by atoms with E-state index < -0.39 is 17.8 Å². The second kappa shape index (κ2) is 6.04. The number of alkyl halides is 3. The number of nitrogens with one attached hydrogen (secondary N) is 1. The number of cyclic esters (lactones) is 1. The van der Waals surface area contributed by atoms with Gasteiger partial charge in [-0.05, 0) is 23.6 Å². The van der Waals surface area contributed by atoms with Gasteiger partial charge < -0.3 is 9.47 Å². The van der Waals surface area contributed by atoms with Crippen molar-refractivity contribution in [3.63, 3.8) is 0 Å². The van der Waals surface area contributed by atoms with E-state index in [1.165, 1.54) is 12.1 Å². The zero-order chi connectivity index (χ0) is 16.4. The summed E-state index contributed by atoms with van der Waals surface area (Å²) in [4.78, 5) is 10.9. The molecule has 0 saturated heterocycles. The topological polar surface area (TPSA) is 59.9 Å². The summed E-state index contributed by atoms with van der Waals surface area (Å²) < 4.78 is 50.2. The van der Waals surface area contributed by atoms with E-state index in [4.69, 9.17) is 9.47 Å². The van der Waals surface area contributed by atoms with Gasteiger partial charge in [-0.1, -0.05) is 18.2 Å². The quantitative estimate of drug-likeness (QED) is 0.909. The highest BCUT2D eigenvalue weighted by Crippen LogP contribution is 2.36. The largest absolute Gasteiger partial charge is 0.442 e. The van der Waals surface area contributed by atoms with Crippen molar-refractivity contribution in [3.8, 4) is 0 Å². The van der Waals surface area contributed by atoms with Gasteiger partial charge in [0.25, 0.3) is 0 Å². The standard InChI is InChI=1S/C15H13F3N2O3/c16-15(17,18)12-6-9(13-8-23-14(21)20-19-13)3-4-11(12)10-2-1-5-22-7-10/h2-4,6H,1,5,7-8H2,(H,20,21). The number of hydrogen-bond acceptors (Lipinski definition) is 4. The van der Waals surface area contributed by atoms with E-state index in [9.17, 15) is 18.0 Å². The second-order valence-corrected chi connectivity index (χ2v) is 5.08. The zero-order valence-electron chi connectivity index (χ0n) is 11.9. The Hall–Kier alpha value is -2.35. The van der Waals surface area contributed by atoms with Crippen molar-refractivity contribution in [1.29, 1.82) is 0 Å². The normalized spacial score (nSPS) is 18.7. The lowest BCUT2D eigenvalue weighted by atomic mass is 9.94. The van der Waals surface area contributed by atoms with Crippen molar-refractivity contribution in [3.05, 3.63) is 41.0 Å². The van der Waals surface area contributed by atoms with Crippen molar-refractivity contribution < 1.29 is 27.4 Å². The molecular formula is C15H13F3N2O3. The van der Waals surface area contributed by atoms with Gasteiger partial charge in [0.05, 0.1) is 18.8 Å². The maximum Gasteiger partial charge on any atom is 0.428 e. The van der Waals surface area contributed by atoms with E-state index >= 15 is 0 Å². The molecule has 1 N–H and O–H groups in total. The van der Waals surface area contributed by atoms with Crippen molar-refractivity contribution in [2.75, 3.05) is 19.8 Å². The summed E-state index contributed by atoms with van der Waals surface area (Å²) in [5.41, 5.74) is 2.42. The molecular weight excluding hydrogens is 313 g/mol. The van der Waals surface area contributed by atoms with Gasteiger partial charge in [0, 0.05) is 5.56 Å². The molecule has 0 aromatic heterocycles. The van der Waals surface area contributed by atoms with Gasteiger partial charge in [0.1, 0.15) is 12.3 Å². The van der Waals surface area contributed by atoms with Crippen LogP contribution in [0, 0.1) is 0 Å². The Kier molecular flexibility index (Phi) is 4.08. The summed E-state index contributed by atoms with van der Waals surface area (Å²) in [6, 6.07) is 3.95. The van der Waals surface area contributed by atoms with Gasteiger partial charge >= 0.3 is 12.3 Å². The molecule has 122 valence electrons. The molecule has 2 aliphatic rings. The van der Waals surface area contributed by atoms with Crippen LogP contribution in [0.15, 0.2) is 29.4 Å². The molecule has 0 spiro atoms. The maximum atomic E-state index is 13.4. The summed E-state index contributed by atoms with van der Waals surface area (Å²) in [6.45, 7) is 0.494. The fraction of sp³-hybridized carbons (Fsp3) is 0.333. The lowest BCUT2D eigenvalue weighted by Crippen LogP contribution is -2.31. The van der Waals surface area contributed by atoms with Crippen LogP contribution in [-0.4, -0.2) is 31.6 Å². The Morgan fingerprint density at radius 3 is 2.65 bits per heavy atom. The van der Waals surface area contributed by atoms with E-state index in [-0.39, 0.29) is 30.1 Å². The SMILES string of the molecule is O=C1NN=C(c2ccc(C3=CCCOC3)c(C(F)(F)F)c2)CO1. The fourth-order valence-corrected chi connectivity index (χ4v) is 2.44. The van der Waals surface area contributed by atoms with Crippen LogP contribution >= 0.6 is 0 Å². The summed E-state index contributed by atoms with van der Waals surface area (Å²) in [5, 5.41) is 3.73. The van der Waals surface area contributed by atoms with Gasteiger partial charge in [-0.2, -0.15) is 18.3 Å². The van der Waals surface area contributed by atoms with Crippen molar-refractivity contribution in [2.45, 2.75) is 12.6 Å². The molecule has 2 aliphatic heterocycles. The van der Waals surface area contributed by atoms with Crippen molar-refractivity contribution >= 4 is 17.4 Å². The van der Waals surface area contributed by atoms with E-state index in [1.54, 1.807) is 6.08 Å². The number of rotatable bonds is 2. The molecule has 23 heavy (non-hydrogen) atoms. The molecule has 2 heterocycles. The number of benzene rings is 1. The minimum atomic E-state index is -4.51. The molecule has 3 rings (SSSR count). The predicted molar refractivity (Wildman–Crippen MR) is 75.9 cm³/mol. The molecule has 0 radical (unpaired) electrons. The van der Waals surface area contributed by atoms with E-state index in [1.807, 2.05) is 0 Å². The average Bonchev–Trinajstić information content (AvgIpc) is 2.55. The van der Waals surface area contributed by atoms with Crippen molar-refractivity contribution in [1.82, 2.24) is 5.43 Å². The Balaban J connectivity index is 2.02. The number of carbonyl (C=O) groups is 1. The molecule has 0 bridgehead atoms. The summed E-state index contributed by atoms with van der Waals surface area (Å²) >= 11 is 0. The Bertz CT molecular complexity index is 696. The number of amides is 1. The average molecular weight is 326 g/mol. The van der Waals surface area contributed by atoms with Crippen LogP contribution in [-0.2, 0) is 15.7 Å². The molecule has 0 fully saturated rings. The monoisotopic (exact) mass is 326 g/mol. The van der Waals surface area contributed by atoms with Gasteiger partial charge in [-0.25, -0.2) is 10.2 Å². The first-order valence-electron chi connectivity index (χ1n) is 6.93. The number of hydrogen-bond donors (Lipinski definition) is 1. The Morgan fingerprint density at radius 2 is 2.04 bits per heavy atom. The maximum absolute atomic E-state index is 13.4. The number of nitrogens with zero attached hydrogens (tertiary/aromatic N) is 1. The van der Waals surface area contributed by atoms with Crippen molar-refractivity contribution in [2.24, 2.45) is 5.10 Å². The number of halogens is 3. The first-order chi connectivity index (χ1) is 10.9. The number of carbonyl (C=O) groups excluding carboxylic acids is 1. The summed E-state index contributed by atoms with van der Waals surface area (Å²) in [7, 11) is 0. The Labute approximate surface area is 129 Å². The first-order valence-corrected chi connectivity index (χ1v) is 6.93. The van der Waals surface area contributed by atoms with E-state index in [2.05, 4.69) is 10.5 Å². The van der Waals surface area contributed by atoms with E-state index in [0.717, 1.165) is 6.07 Å². The fourth-order valence-electron chi connectivity index (χ4n) is 2.44. The van der Waals surface area contributed by atoms with Crippen LogP contribution in [0.25, 0.3) is 5.57 Å². The minimum absolute atomic E-state index is 0.0994. The lowest BCUT2D eigenvalue weighted by molar-refractivity contribution is -0.137. The minimum Gasteiger partial charge on any atom is -0.442 e. The third-order valence-corrected chi connectivity index (χ3v) is 3.54. The van der Waals surface area contributed by atoms with Gasteiger partial charge in [-0.3, -0.25) is 0 Å². The van der Waals surface area contributed by atoms with Crippen LogP contribution in [0.2, 0.25) is 0 Å². The second-order valence-electron chi connectivity index (χ2n) is 5.08. The third kappa shape index (κ3) is 3.37. The van der Waals surface area contributed by atoms with Gasteiger partial charge in [0.15, 0.2) is 0 Å². The highest BCUT2D eigenvalue weighted by atomic mass is 19.4. The van der Waals surface area contributed by atoms with E-state index in [0.29, 0.717) is 18.6 Å². The molecule has 0 saturated carbocycles. The summed E-state index contributed by atoms with van der Waals surface area (Å²) in [6.07, 6.45) is -2.90. The molecule has 1 aromatic rings. The molecule has 5 nitrogen and oxygen atoms in total. The third-order valence-electron chi connectivity index (χ3n) is 3.54. The predicted octanol–water partition coefficient (Wildman–Crippen LogP) is 2.95. The molecule has 1 aromatic carbocycles. The Morgan fingerprint density at radius 1 is 1.22 bits per heavy atom. The highest BCUT2D eigenvalue weighted by Gasteiger charge is 2.35. The number of hydrazone groups is 1. The number of ether oxygens (including phenoxy) is 2. The highest BCUT2D eigenvalue weighted by molar-refractivity contribution is 6.04. The first kappa shape index (κ1) is 15.5. The molecule has 8 heteroatoms. The molecule has 1 amide bonds. The molecule has 0 aliphatic carbocycles. The molecule has 0 atom stereocenters. The van der Waals surface area contributed by atoms with Crippen LogP contribution in [0.1, 0.15) is 23.1 Å². The van der Waals surface area contributed by atoms with Gasteiger partial charge in [0.2, 0.25) is 0 Å². The van der Waals surface area contributed by atoms with Crippen LogP contribution < -0.4 is 5.43 Å². The van der Waals surface area contributed by atoms with Crippen LogP contribution in [0.3, 0.4) is 0 Å². The van der Waals surface area contributed by atoms with Gasteiger partial charge in [-0.15, -0.1) is 0 Å². The lowest BCUT2D eigenvalue weighted by Gasteiger charge is -2.20. The smallest absolute Gasteiger partial charge is 0.428 e. The zero-order valence-corrected chi connectivity index (χ0v) is 11.9. The summed E-state index contributed by atoms with van der Waals surface area (Å²) in [5.74, 6) is 0.